The van der Waals surface area contributed by atoms with Crippen molar-refractivity contribution in [3.63, 3.8) is 0 Å². The number of esters is 1. The molecule has 1 saturated carbocycles. The summed E-state index contributed by atoms with van der Waals surface area (Å²) in [6.07, 6.45) is 7.27. The SMILES string of the molecule is COC(=O)[C@H](C[C@@H]1CCCNC1=O)NC(=O)C1CC2(CCCCC2)CN1C(=O)c1cc2c(OC)c(Cl)ccc2[nH]1. The van der Waals surface area contributed by atoms with E-state index in [1.54, 1.807) is 23.1 Å². The van der Waals surface area contributed by atoms with Crippen LogP contribution < -0.4 is 15.4 Å². The number of carbonyl (C=O) groups excluding carboxylic acids is 4. The summed E-state index contributed by atoms with van der Waals surface area (Å²) in [5.74, 6) is -1.34. The molecule has 10 nitrogen and oxygen atoms in total. The predicted octanol–water partition coefficient (Wildman–Crippen LogP) is 3.57. The molecule has 216 valence electrons. The van der Waals surface area contributed by atoms with Gasteiger partial charge in [-0.05, 0) is 62.1 Å². The van der Waals surface area contributed by atoms with Crippen LogP contribution in [0.2, 0.25) is 5.02 Å². The van der Waals surface area contributed by atoms with Crippen molar-refractivity contribution < 1.29 is 28.7 Å². The molecule has 11 heteroatoms. The van der Waals surface area contributed by atoms with E-state index in [0.717, 1.165) is 38.5 Å². The average molecular weight is 573 g/mol. The zero-order valence-electron chi connectivity index (χ0n) is 23.0. The monoisotopic (exact) mass is 572 g/mol. The van der Waals surface area contributed by atoms with Crippen molar-refractivity contribution in [1.29, 1.82) is 0 Å². The normalized spacial score (nSPS) is 23.1. The lowest BCUT2D eigenvalue weighted by Crippen LogP contribution is -2.52. The predicted molar refractivity (Wildman–Crippen MR) is 149 cm³/mol. The van der Waals surface area contributed by atoms with E-state index in [4.69, 9.17) is 21.1 Å². The second-order valence-corrected chi connectivity index (χ2v) is 11.8. The van der Waals surface area contributed by atoms with Gasteiger partial charge in [0.05, 0.1) is 19.2 Å². The number of hydrogen-bond donors (Lipinski definition) is 3. The van der Waals surface area contributed by atoms with Crippen LogP contribution in [-0.4, -0.2) is 73.0 Å². The van der Waals surface area contributed by atoms with Gasteiger partial charge in [-0.15, -0.1) is 0 Å². The number of carbonyl (C=O) groups is 4. The fourth-order valence-corrected chi connectivity index (χ4v) is 7.01. The Kier molecular flexibility index (Phi) is 8.26. The fraction of sp³-hybridized carbons (Fsp3) is 0.586. The number of rotatable bonds is 7. The van der Waals surface area contributed by atoms with E-state index in [1.807, 2.05) is 0 Å². The standard InChI is InChI=1S/C29H37ClN4O6/c1-39-24-18-14-21(32-20(18)9-8-19(24)30)27(37)34-16-29(10-4-3-5-11-29)15-23(34)26(36)33-22(28(38)40-2)13-17-7-6-12-31-25(17)35/h8-9,14,17,22-23,32H,3-7,10-13,15-16H2,1-2H3,(H,31,35)(H,33,36)/t17-,22-,23?/m0/s1. The lowest BCUT2D eigenvalue weighted by molar-refractivity contribution is -0.146. The summed E-state index contributed by atoms with van der Waals surface area (Å²) in [4.78, 5) is 57.7. The number of nitrogens with one attached hydrogen (secondary N) is 3. The molecule has 2 aromatic rings. The Bertz CT molecular complexity index is 1300. The van der Waals surface area contributed by atoms with Gasteiger partial charge in [0.1, 0.15) is 23.5 Å². The molecule has 2 aliphatic heterocycles. The first-order valence-electron chi connectivity index (χ1n) is 14.1. The van der Waals surface area contributed by atoms with Crippen LogP contribution in [0.15, 0.2) is 18.2 Å². The maximum absolute atomic E-state index is 14.0. The Morgan fingerprint density at radius 1 is 1.18 bits per heavy atom. The Labute approximate surface area is 238 Å². The summed E-state index contributed by atoms with van der Waals surface area (Å²) >= 11 is 6.30. The molecule has 3 fully saturated rings. The van der Waals surface area contributed by atoms with Gasteiger partial charge in [-0.25, -0.2) is 4.79 Å². The highest BCUT2D eigenvalue weighted by Crippen LogP contribution is 2.47. The molecule has 2 saturated heterocycles. The quantitative estimate of drug-likeness (QED) is 0.435. The van der Waals surface area contributed by atoms with E-state index in [2.05, 4.69) is 15.6 Å². The van der Waals surface area contributed by atoms with Gasteiger partial charge in [0.25, 0.3) is 5.91 Å². The highest BCUT2D eigenvalue weighted by molar-refractivity contribution is 6.33. The molecule has 1 aliphatic carbocycles. The van der Waals surface area contributed by atoms with Gasteiger partial charge >= 0.3 is 5.97 Å². The fourth-order valence-electron chi connectivity index (χ4n) is 6.77. The molecule has 40 heavy (non-hydrogen) atoms. The van der Waals surface area contributed by atoms with Gasteiger partial charge in [0.15, 0.2) is 0 Å². The summed E-state index contributed by atoms with van der Waals surface area (Å²) in [6, 6.07) is 3.47. The second kappa shape index (κ2) is 11.7. The van der Waals surface area contributed by atoms with E-state index in [0.29, 0.717) is 53.3 Å². The van der Waals surface area contributed by atoms with Crippen LogP contribution in [0.5, 0.6) is 5.75 Å². The number of H-pyrrole nitrogens is 1. The van der Waals surface area contributed by atoms with Crippen LogP contribution in [0.1, 0.15) is 68.3 Å². The van der Waals surface area contributed by atoms with E-state index in [9.17, 15) is 19.2 Å². The maximum Gasteiger partial charge on any atom is 0.328 e. The average Bonchev–Trinajstić information content (AvgIpc) is 3.55. The molecule has 0 bridgehead atoms. The molecule has 0 radical (unpaired) electrons. The molecule has 3 heterocycles. The number of nitrogens with zero attached hydrogens (tertiary/aromatic N) is 1. The molecule has 1 aromatic heterocycles. The number of likely N-dealkylation sites (tertiary alicyclic amines) is 1. The van der Waals surface area contributed by atoms with Gasteiger partial charge in [0.2, 0.25) is 11.8 Å². The van der Waals surface area contributed by atoms with Crippen molar-refractivity contribution in [2.24, 2.45) is 11.3 Å². The molecule has 1 spiro atoms. The maximum atomic E-state index is 14.0. The number of hydrogen-bond acceptors (Lipinski definition) is 6. The van der Waals surface area contributed by atoms with Crippen molar-refractivity contribution >= 4 is 46.2 Å². The number of benzene rings is 1. The van der Waals surface area contributed by atoms with Crippen LogP contribution in [0, 0.1) is 11.3 Å². The van der Waals surface area contributed by atoms with Gasteiger partial charge in [-0.2, -0.15) is 0 Å². The summed E-state index contributed by atoms with van der Waals surface area (Å²) in [5.41, 5.74) is 0.894. The molecule has 3 N–H and O–H groups in total. The minimum absolute atomic E-state index is 0.123. The third-order valence-corrected chi connectivity index (χ3v) is 9.15. The summed E-state index contributed by atoms with van der Waals surface area (Å²) in [7, 11) is 2.79. The molecular weight excluding hydrogens is 536 g/mol. The third-order valence-electron chi connectivity index (χ3n) is 8.85. The second-order valence-electron chi connectivity index (χ2n) is 11.4. The smallest absolute Gasteiger partial charge is 0.328 e. The molecule has 1 aromatic carbocycles. The van der Waals surface area contributed by atoms with Crippen molar-refractivity contribution in [2.45, 2.75) is 69.9 Å². The van der Waals surface area contributed by atoms with Gasteiger partial charge in [-0.1, -0.05) is 30.9 Å². The zero-order valence-corrected chi connectivity index (χ0v) is 23.8. The van der Waals surface area contributed by atoms with Crippen LogP contribution in [0.25, 0.3) is 10.9 Å². The van der Waals surface area contributed by atoms with E-state index in [-0.39, 0.29) is 23.7 Å². The Hall–Kier alpha value is -3.27. The first-order valence-corrected chi connectivity index (χ1v) is 14.4. The van der Waals surface area contributed by atoms with Crippen LogP contribution in [0.4, 0.5) is 0 Å². The summed E-state index contributed by atoms with van der Waals surface area (Å²) in [6.45, 7) is 1.07. The van der Waals surface area contributed by atoms with E-state index in [1.165, 1.54) is 14.2 Å². The van der Waals surface area contributed by atoms with Gasteiger partial charge in [0, 0.05) is 29.9 Å². The largest absolute Gasteiger partial charge is 0.494 e. The van der Waals surface area contributed by atoms with Crippen LogP contribution in [0.3, 0.4) is 0 Å². The van der Waals surface area contributed by atoms with Crippen molar-refractivity contribution in [3.8, 4) is 5.75 Å². The number of aromatic amines is 1. The number of fused-ring (bicyclic) bond motifs is 1. The minimum Gasteiger partial charge on any atom is -0.494 e. The summed E-state index contributed by atoms with van der Waals surface area (Å²) in [5, 5.41) is 6.80. The topological polar surface area (TPSA) is 130 Å². The zero-order chi connectivity index (χ0) is 28.4. The molecular formula is C29H37ClN4O6. The third kappa shape index (κ3) is 5.50. The lowest BCUT2D eigenvalue weighted by atomic mass is 9.72. The number of methoxy groups -OCH3 is 2. The van der Waals surface area contributed by atoms with Gasteiger partial charge in [-0.3, -0.25) is 14.4 Å². The number of ether oxygens (including phenoxy) is 2. The first kappa shape index (κ1) is 28.3. The Morgan fingerprint density at radius 2 is 1.95 bits per heavy atom. The number of halogens is 1. The van der Waals surface area contributed by atoms with Crippen LogP contribution >= 0.6 is 11.6 Å². The van der Waals surface area contributed by atoms with E-state index < -0.39 is 29.9 Å². The Morgan fingerprint density at radius 3 is 2.65 bits per heavy atom. The molecule has 3 amide bonds. The van der Waals surface area contributed by atoms with E-state index >= 15 is 0 Å². The molecule has 3 atom stereocenters. The highest BCUT2D eigenvalue weighted by atomic mass is 35.5. The molecule has 3 aliphatic rings. The minimum atomic E-state index is -0.981. The number of piperidine rings is 1. The highest BCUT2D eigenvalue weighted by Gasteiger charge is 2.49. The number of amides is 3. The Balaban J connectivity index is 1.41. The van der Waals surface area contributed by atoms with Gasteiger partial charge < -0.3 is 30.0 Å². The number of aromatic nitrogens is 1. The molecule has 1 unspecified atom stereocenters. The van der Waals surface area contributed by atoms with Crippen molar-refractivity contribution in [2.75, 3.05) is 27.3 Å². The molecule has 5 rings (SSSR count). The van der Waals surface area contributed by atoms with Crippen molar-refractivity contribution in [3.05, 3.63) is 28.9 Å². The lowest BCUT2D eigenvalue weighted by Gasteiger charge is -2.32. The first-order chi connectivity index (χ1) is 19.2. The summed E-state index contributed by atoms with van der Waals surface area (Å²) < 4.78 is 10.4. The van der Waals surface area contributed by atoms with Crippen molar-refractivity contribution in [1.82, 2.24) is 20.5 Å². The van der Waals surface area contributed by atoms with Crippen LogP contribution in [-0.2, 0) is 19.1 Å².